The molecule has 2 aromatic heterocycles. The van der Waals surface area contributed by atoms with Crippen molar-refractivity contribution >= 4 is 60.9 Å². The van der Waals surface area contributed by atoms with Crippen LogP contribution in [0.2, 0.25) is 0 Å². The van der Waals surface area contributed by atoms with E-state index >= 15 is 0 Å². The van der Waals surface area contributed by atoms with Crippen molar-refractivity contribution in [2.45, 2.75) is 0 Å². The first-order valence-electron chi connectivity index (χ1n) is 15.0. The number of para-hydroxylation sites is 1. The van der Waals surface area contributed by atoms with E-state index in [9.17, 15) is 0 Å². The van der Waals surface area contributed by atoms with Crippen molar-refractivity contribution in [3.63, 3.8) is 0 Å². The van der Waals surface area contributed by atoms with E-state index in [2.05, 4.69) is 120 Å². The standard InChI is InChI=1S/C41H26N2O2/c1-3-11-29(12-4-1)41-42-36-26-38-35(25-39(36)45-41)40-34(16-9-17-37(40)44-38)28-19-21-32(22-20-28)43(31-14-5-2-6-15-31)33-23-18-27-10-7-8-13-30(27)24-33/h1-26H. The lowest BCUT2D eigenvalue weighted by atomic mass is 9.99. The number of rotatable bonds is 5. The van der Waals surface area contributed by atoms with Crippen LogP contribution in [0.15, 0.2) is 167 Å². The minimum Gasteiger partial charge on any atom is -0.456 e. The van der Waals surface area contributed by atoms with Crippen molar-refractivity contribution in [2.75, 3.05) is 4.90 Å². The Bertz CT molecular complexity index is 2480. The minimum atomic E-state index is 0.604. The van der Waals surface area contributed by atoms with Gasteiger partial charge in [-0.25, -0.2) is 4.98 Å². The normalized spacial score (nSPS) is 11.6. The molecule has 0 N–H and O–H groups in total. The summed E-state index contributed by atoms with van der Waals surface area (Å²) in [6.45, 7) is 0. The van der Waals surface area contributed by atoms with Crippen LogP contribution in [-0.2, 0) is 0 Å². The topological polar surface area (TPSA) is 42.4 Å². The summed E-state index contributed by atoms with van der Waals surface area (Å²) in [5.74, 6) is 0.604. The molecule has 0 saturated heterocycles. The lowest BCUT2D eigenvalue weighted by molar-refractivity contribution is 0.620. The Balaban J connectivity index is 1.15. The number of hydrogen-bond acceptors (Lipinski definition) is 4. The Morgan fingerprint density at radius 1 is 0.444 bits per heavy atom. The van der Waals surface area contributed by atoms with Gasteiger partial charge in [0.25, 0.3) is 0 Å². The van der Waals surface area contributed by atoms with E-state index in [4.69, 9.17) is 13.8 Å². The smallest absolute Gasteiger partial charge is 0.227 e. The second kappa shape index (κ2) is 10.2. The summed E-state index contributed by atoms with van der Waals surface area (Å²) in [5, 5.41) is 4.51. The lowest BCUT2D eigenvalue weighted by Gasteiger charge is -2.26. The van der Waals surface area contributed by atoms with Gasteiger partial charge in [-0.15, -0.1) is 0 Å². The molecule has 0 atom stereocenters. The molecule has 4 nitrogen and oxygen atoms in total. The molecule has 0 radical (unpaired) electrons. The molecule has 0 amide bonds. The molecule has 212 valence electrons. The van der Waals surface area contributed by atoms with Gasteiger partial charge in [0.15, 0.2) is 5.58 Å². The molecule has 7 aromatic carbocycles. The highest BCUT2D eigenvalue weighted by Crippen LogP contribution is 2.41. The zero-order valence-corrected chi connectivity index (χ0v) is 24.2. The quantitative estimate of drug-likeness (QED) is 0.204. The average Bonchev–Trinajstić information content (AvgIpc) is 3.69. The number of aromatic nitrogens is 1. The summed E-state index contributed by atoms with van der Waals surface area (Å²) in [7, 11) is 0. The third-order valence-electron chi connectivity index (χ3n) is 8.47. The molecule has 0 aliphatic heterocycles. The maximum absolute atomic E-state index is 6.36. The van der Waals surface area contributed by atoms with Crippen molar-refractivity contribution in [2.24, 2.45) is 0 Å². The SMILES string of the molecule is c1ccc(-c2nc3cc4oc5cccc(-c6ccc(N(c7ccccc7)c7ccc8ccccc8c7)cc6)c5c4cc3o2)cc1. The van der Waals surface area contributed by atoms with Gasteiger partial charge in [-0.2, -0.15) is 0 Å². The highest BCUT2D eigenvalue weighted by Gasteiger charge is 2.18. The Kier molecular flexibility index (Phi) is 5.78. The van der Waals surface area contributed by atoms with Gasteiger partial charge in [-0.05, 0) is 82.6 Å². The summed E-state index contributed by atoms with van der Waals surface area (Å²) in [6.07, 6.45) is 0. The zero-order valence-electron chi connectivity index (χ0n) is 24.2. The molecule has 9 aromatic rings. The van der Waals surface area contributed by atoms with Crippen LogP contribution in [-0.4, -0.2) is 4.98 Å². The number of anilines is 3. The predicted octanol–water partition coefficient (Wildman–Crippen LogP) is 11.7. The molecule has 0 unspecified atom stereocenters. The Morgan fingerprint density at radius 2 is 1.16 bits per heavy atom. The van der Waals surface area contributed by atoms with Gasteiger partial charge in [-0.3, -0.25) is 0 Å². The fraction of sp³-hybridized carbons (Fsp3) is 0. The Labute approximate surface area is 259 Å². The minimum absolute atomic E-state index is 0.604. The maximum Gasteiger partial charge on any atom is 0.227 e. The molecular weight excluding hydrogens is 552 g/mol. The van der Waals surface area contributed by atoms with Crippen molar-refractivity contribution in [1.29, 1.82) is 0 Å². The molecule has 0 aliphatic carbocycles. The number of fused-ring (bicyclic) bond motifs is 5. The molecule has 4 heteroatoms. The van der Waals surface area contributed by atoms with Crippen LogP contribution in [0.25, 0.3) is 66.4 Å². The van der Waals surface area contributed by atoms with Crippen LogP contribution in [0.4, 0.5) is 17.1 Å². The zero-order chi connectivity index (χ0) is 29.7. The van der Waals surface area contributed by atoms with E-state index in [1.807, 2.05) is 42.5 Å². The first-order chi connectivity index (χ1) is 22.3. The van der Waals surface area contributed by atoms with Gasteiger partial charge in [-0.1, -0.05) is 91.0 Å². The van der Waals surface area contributed by atoms with Crippen molar-refractivity contribution in [1.82, 2.24) is 4.98 Å². The molecule has 2 heterocycles. The molecule has 0 saturated carbocycles. The highest BCUT2D eigenvalue weighted by atomic mass is 16.4. The second-order valence-electron chi connectivity index (χ2n) is 11.2. The molecule has 45 heavy (non-hydrogen) atoms. The first-order valence-corrected chi connectivity index (χ1v) is 15.0. The van der Waals surface area contributed by atoms with E-state index in [-0.39, 0.29) is 0 Å². The van der Waals surface area contributed by atoms with Gasteiger partial charge in [0, 0.05) is 39.5 Å². The van der Waals surface area contributed by atoms with Crippen LogP contribution in [0.1, 0.15) is 0 Å². The third-order valence-corrected chi connectivity index (χ3v) is 8.47. The number of nitrogens with zero attached hydrogens (tertiary/aromatic N) is 2. The van der Waals surface area contributed by atoms with Gasteiger partial charge in [0.05, 0.1) is 0 Å². The summed E-state index contributed by atoms with van der Waals surface area (Å²) < 4.78 is 12.6. The van der Waals surface area contributed by atoms with Crippen LogP contribution >= 0.6 is 0 Å². The van der Waals surface area contributed by atoms with Crippen LogP contribution in [0.3, 0.4) is 0 Å². The average molecular weight is 579 g/mol. The fourth-order valence-corrected chi connectivity index (χ4v) is 6.32. The summed E-state index contributed by atoms with van der Waals surface area (Å²) in [6, 6.07) is 54.6. The molecule has 0 fully saturated rings. The fourth-order valence-electron chi connectivity index (χ4n) is 6.32. The highest BCUT2D eigenvalue weighted by molar-refractivity contribution is 6.15. The number of oxazole rings is 1. The maximum atomic E-state index is 6.36. The van der Waals surface area contributed by atoms with Crippen molar-refractivity contribution < 1.29 is 8.83 Å². The summed E-state index contributed by atoms with van der Waals surface area (Å²) >= 11 is 0. The number of furan rings is 1. The number of benzene rings is 7. The Morgan fingerprint density at radius 3 is 1.98 bits per heavy atom. The van der Waals surface area contributed by atoms with E-state index in [1.54, 1.807) is 0 Å². The Hall–Kier alpha value is -6.13. The molecular formula is C41H26N2O2. The van der Waals surface area contributed by atoms with E-state index < -0.39 is 0 Å². The molecule has 0 aliphatic rings. The summed E-state index contributed by atoms with van der Waals surface area (Å²) in [4.78, 5) is 7.05. The van der Waals surface area contributed by atoms with E-state index in [0.29, 0.717) is 5.89 Å². The van der Waals surface area contributed by atoms with E-state index in [0.717, 1.165) is 66.8 Å². The van der Waals surface area contributed by atoms with E-state index in [1.165, 1.54) is 10.8 Å². The molecule has 0 bridgehead atoms. The van der Waals surface area contributed by atoms with Crippen LogP contribution in [0, 0.1) is 0 Å². The molecule has 0 spiro atoms. The predicted molar refractivity (Wildman–Crippen MR) is 184 cm³/mol. The van der Waals surface area contributed by atoms with Gasteiger partial charge in [0.2, 0.25) is 5.89 Å². The third kappa shape index (κ3) is 4.35. The summed E-state index contributed by atoms with van der Waals surface area (Å²) in [5.41, 5.74) is 9.62. The number of hydrogen-bond donors (Lipinski definition) is 0. The van der Waals surface area contributed by atoms with Gasteiger partial charge in [0.1, 0.15) is 16.7 Å². The van der Waals surface area contributed by atoms with Gasteiger partial charge >= 0.3 is 0 Å². The molecule has 9 rings (SSSR count). The monoisotopic (exact) mass is 578 g/mol. The van der Waals surface area contributed by atoms with Crippen molar-refractivity contribution in [3.8, 4) is 22.6 Å². The van der Waals surface area contributed by atoms with Crippen molar-refractivity contribution in [3.05, 3.63) is 158 Å². The first kappa shape index (κ1) is 25.4. The second-order valence-corrected chi connectivity index (χ2v) is 11.2. The van der Waals surface area contributed by atoms with Crippen LogP contribution in [0.5, 0.6) is 0 Å². The van der Waals surface area contributed by atoms with Gasteiger partial charge < -0.3 is 13.7 Å². The lowest BCUT2D eigenvalue weighted by Crippen LogP contribution is -2.09. The van der Waals surface area contributed by atoms with Crippen LogP contribution < -0.4 is 4.90 Å². The largest absolute Gasteiger partial charge is 0.456 e.